The molecule has 6 nitrogen and oxygen atoms in total. The Hall–Kier alpha value is -4.19. The number of nitrogens with one attached hydrogen (secondary N) is 2. The Labute approximate surface area is 173 Å². The van der Waals surface area contributed by atoms with Crippen molar-refractivity contribution in [2.45, 2.75) is 6.92 Å². The van der Waals surface area contributed by atoms with Gasteiger partial charge in [0.25, 0.3) is 11.7 Å². The summed E-state index contributed by atoms with van der Waals surface area (Å²) in [5.41, 5.74) is 3.76. The SMILES string of the molecule is CC(=O)Nc1ccc(NC(=O)C(=O)c2c(-c3ccccc3)cc3ccccn23)cc1. The number of ketones is 1. The van der Waals surface area contributed by atoms with E-state index in [9.17, 15) is 14.4 Å². The number of fused-ring (bicyclic) bond motifs is 1. The number of hydrogen-bond donors (Lipinski definition) is 2. The van der Waals surface area contributed by atoms with Crippen LogP contribution < -0.4 is 10.6 Å². The minimum atomic E-state index is -0.733. The number of benzene rings is 2. The van der Waals surface area contributed by atoms with E-state index in [0.29, 0.717) is 22.6 Å². The van der Waals surface area contributed by atoms with E-state index >= 15 is 0 Å². The molecule has 0 saturated heterocycles. The lowest BCUT2D eigenvalue weighted by atomic mass is 10.0. The Morgan fingerprint density at radius 3 is 2.07 bits per heavy atom. The molecule has 0 radical (unpaired) electrons. The van der Waals surface area contributed by atoms with Gasteiger partial charge >= 0.3 is 0 Å². The highest BCUT2D eigenvalue weighted by molar-refractivity contribution is 6.47. The molecular formula is C24H19N3O3. The molecule has 0 aliphatic carbocycles. The first-order chi connectivity index (χ1) is 14.5. The molecule has 0 saturated carbocycles. The summed E-state index contributed by atoms with van der Waals surface area (Å²) < 4.78 is 1.73. The number of nitrogens with zero attached hydrogens (tertiary/aromatic N) is 1. The van der Waals surface area contributed by atoms with Crippen molar-refractivity contribution < 1.29 is 14.4 Å². The first kappa shape index (κ1) is 19.1. The van der Waals surface area contributed by atoms with E-state index in [1.165, 1.54) is 6.92 Å². The zero-order valence-corrected chi connectivity index (χ0v) is 16.3. The van der Waals surface area contributed by atoms with Crippen LogP contribution in [0.15, 0.2) is 85.1 Å². The second kappa shape index (κ2) is 8.05. The molecule has 4 rings (SSSR count). The maximum absolute atomic E-state index is 13.1. The highest BCUT2D eigenvalue weighted by atomic mass is 16.2. The number of pyridine rings is 1. The predicted molar refractivity (Wildman–Crippen MR) is 117 cm³/mol. The van der Waals surface area contributed by atoms with E-state index < -0.39 is 11.7 Å². The first-order valence-electron chi connectivity index (χ1n) is 9.42. The Bertz CT molecular complexity index is 1240. The van der Waals surface area contributed by atoms with Gasteiger partial charge in [0.1, 0.15) is 5.69 Å². The van der Waals surface area contributed by atoms with Crippen molar-refractivity contribution in [1.82, 2.24) is 4.40 Å². The molecule has 4 aromatic rings. The fraction of sp³-hybridized carbons (Fsp3) is 0.0417. The second-order valence-corrected chi connectivity index (χ2v) is 6.81. The first-order valence-corrected chi connectivity index (χ1v) is 9.42. The molecule has 148 valence electrons. The van der Waals surface area contributed by atoms with E-state index in [0.717, 1.165) is 11.1 Å². The summed E-state index contributed by atoms with van der Waals surface area (Å²) in [7, 11) is 0. The van der Waals surface area contributed by atoms with Gasteiger partial charge in [-0.25, -0.2) is 0 Å². The Balaban J connectivity index is 1.66. The number of amides is 2. The summed E-state index contributed by atoms with van der Waals surface area (Å²) in [6, 6.07) is 23.6. The van der Waals surface area contributed by atoms with Crippen LogP contribution in [0.2, 0.25) is 0 Å². The number of aromatic nitrogens is 1. The minimum Gasteiger partial charge on any atom is -0.326 e. The molecule has 0 atom stereocenters. The molecule has 0 unspecified atom stereocenters. The summed E-state index contributed by atoms with van der Waals surface area (Å²) in [6.07, 6.45) is 1.77. The summed E-state index contributed by atoms with van der Waals surface area (Å²) >= 11 is 0. The van der Waals surface area contributed by atoms with Gasteiger partial charge in [-0.15, -0.1) is 0 Å². The molecule has 2 heterocycles. The lowest BCUT2D eigenvalue weighted by Gasteiger charge is -2.08. The molecule has 0 aliphatic heterocycles. The number of Topliss-reactive ketones (excluding diaryl/α,β-unsaturated/α-hetero) is 1. The third-order valence-electron chi connectivity index (χ3n) is 4.65. The number of hydrogen-bond acceptors (Lipinski definition) is 3. The summed E-state index contributed by atoms with van der Waals surface area (Å²) in [5.74, 6) is -1.55. The van der Waals surface area contributed by atoms with Gasteiger partial charge < -0.3 is 15.0 Å². The van der Waals surface area contributed by atoms with Gasteiger partial charge in [-0.3, -0.25) is 14.4 Å². The van der Waals surface area contributed by atoms with Crippen LogP contribution in [-0.2, 0) is 9.59 Å². The lowest BCUT2D eigenvalue weighted by Crippen LogP contribution is -2.24. The van der Waals surface area contributed by atoms with Crippen LogP contribution in [-0.4, -0.2) is 22.0 Å². The van der Waals surface area contributed by atoms with Crippen LogP contribution in [0.1, 0.15) is 17.4 Å². The smallest absolute Gasteiger partial charge is 0.298 e. The fourth-order valence-electron chi connectivity index (χ4n) is 3.33. The number of rotatable bonds is 5. The average Bonchev–Trinajstić information content (AvgIpc) is 3.14. The van der Waals surface area contributed by atoms with Crippen molar-refractivity contribution in [2.75, 3.05) is 10.6 Å². The molecule has 2 aromatic carbocycles. The van der Waals surface area contributed by atoms with Crippen LogP contribution in [0.4, 0.5) is 11.4 Å². The van der Waals surface area contributed by atoms with Crippen molar-refractivity contribution in [3.8, 4) is 11.1 Å². The van der Waals surface area contributed by atoms with Crippen molar-refractivity contribution >= 4 is 34.5 Å². The molecule has 2 aromatic heterocycles. The lowest BCUT2D eigenvalue weighted by molar-refractivity contribution is -0.114. The van der Waals surface area contributed by atoms with E-state index in [1.807, 2.05) is 54.6 Å². The molecule has 0 spiro atoms. The van der Waals surface area contributed by atoms with Crippen molar-refractivity contribution in [2.24, 2.45) is 0 Å². The third kappa shape index (κ3) is 3.84. The quantitative estimate of drug-likeness (QED) is 0.387. The van der Waals surface area contributed by atoms with Gasteiger partial charge in [0.15, 0.2) is 0 Å². The molecule has 0 bridgehead atoms. The largest absolute Gasteiger partial charge is 0.326 e. The van der Waals surface area contributed by atoms with Gasteiger partial charge in [0.2, 0.25) is 5.91 Å². The van der Waals surface area contributed by atoms with Gasteiger partial charge in [0.05, 0.1) is 0 Å². The third-order valence-corrected chi connectivity index (χ3v) is 4.65. The highest BCUT2D eigenvalue weighted by Gasteiger charge is 2.24. The molecule has 2 N–H and O–H groups in total. The van der Waals surface area contributed by atoms with Crippen molar-refractivity contribution in [3.05, 3.63) is 90.8 Å². The highest BCUT2D eigenvalue weighted by Crippen LogP contribution is 2.28. The van der Waals surface area contributed by atoms with E-state index in [1.54, 1.807) is 34.9 Å². The topological polar surface area (TPSA) is 79.7 Å². The van der Waals surface area contributed by atoms with Crippen molar-refractivity contribution in [3.63, 3.8) is 0 Å². The Kier molecular flexibility index (Phi) is 5.13. The normalized spacial score (nSPS) is 10.6. The zero-order chi connectivity index (χ0) is 21.1. The van der Waals surface area contributed by atoms with Gasteiger partial charge in [-0.05, 0) is 48.0 Å². The monoisotopic (exact) mass is 397 g/mol. The summed E-state index contributed by atoms with van der Waals surface area (Å²) in [5, 5.41) is 5.29. The standard InChI is InChI=1S/C24H19N3O3/c1-16(28)25-18-10-12-19(13-11-18)26-24(30)23(29)22-21(17-7-3-2-4-8-17)15-20-9-5-6-14-27(20)22/h2-15H,1H3,(H,25,28)(H,26,30). The number of anilines is 2. The maximum Gasteiger partial charge on any atom is 0.298 e. The molecule has 30 heavy (non-hydrogen) atoms. The van der Waals surface area contributed by atoms with E-state index in [2.05, 4.69) is 10.6 Å². The van der Waals surface area contributed by atoms with Crippen LogP contribution in [0.25, 0.3) is 16.6 Å². The van der Waals surface area contributed by atoms with Gasteiger partial charge in [-0.2, -0.15) is 0 Å². The van der Waals surface area contributed by atoms with Gasteiger partial charge in [0, 0.05) is 35.6 Å². The molecule has 0 aliphatic rings. The summed E-state index contributed by atoms with van der Waals surface area (Å²) in [4.78, 5) is 37.0. The second-order valence-electron chi connectivity index (χ2n) is 6.81. The Morgan fingerprint density at radius 2 is 1.40 bits per heavy atom. The van der Waals surface area contributed by atoms with Gasteiger partial charge in [-0.1, -0.05) is 36.4 Å². The number of carbonyl (C=O) groups excluding carboxylic acids is 3. The fourth-order valence-corrected chi connectivity index (χ4v) is 3.33. The molecular weight excluding hydrogens is 378 g/mol. The minimum absolute atomic E-state index is 0.185. The molecule has 2 amide bonds. The predicted octanol–water partition coefficient (Wildman–Crippen LogP) is 4.39. The summed E-state index contributed by atoms with van der Waals surface area (Å²) in [6.45, 7) is 1.42. The van der Waals surface area contributed by atoms with Crippen LogP contribution in [0.3, 0.4) is 0 Å². The Morgan fingerprint density at radius 1 is 0.767 bits per heavy atom. The van der Waals surface area contributed by atoms with Crippen LogP contribution in [0.5, 0.6) is 0 Å². The number of carbonyl (C=O) groups is 3. The zero-order valence-electron chi connectivity index (χ0n) is 16.3. The maximum atomic E-state index is 13.1. The van der Waals surface area contributed by atoms with E-state index in [-0.39, 0.29) is 5.91 Å². The van der Waals surface area contributed by atoms with Crippen LogP contribution in [0, 0.1) is 0 Å². The van der Waals surface area contributed by atoms with E-state index in [4.69, 9.17) is 0 Å². The molecule has 6 heteroatoms. The van der Waals surface area contributed by atoms with Crippen LogP contribution >= 0.6 is 0 Å². The molecule has 0 fully saturated rings. The average molecular weight is 397 g/mol. The van der Waals surface area contributed by atoms with Crippen molar-refractivity contribution in [1.29, 1.82) is 0 Å².